The number of amides is 1. The van der Waals surface area contributed by atoms with Crippen molar-refractivity contribution in [3.63, 3.8) is 0 Å². The highest BCUT2D eigenvalue weighted by Crippen LogP contribution is 2.25. The van der Waals surface area contributed by atoms with E-state index in [-0.39, 0.29) is 17.2 Å². The summed E-state index contributed by atoms with van der Waals surface area (Å²) in [6.45, 7) is 5.73. The van der Waals surface area contributed by atoms with Crippen LogP contribution in [0.1, 0.15) is 26.3 Å². The van der Waals surface area contributed by atoms with Crippen LogP contribution in [0.2, 0.25) is 0 Å². The summed E-state index contributed by atoms with van der Waals surface area (Å²) in [6.07, 6.45) is 0. The van der Waals surface area contributed by atoms with E-state index in [4.69, 9.17) is 0 Å². The lowest BCUT2D eigenvalue weighted by atomic mass is 10.0. The monoisotopic (exact) mass is 336 g/mol. The van der Waals surface area contributed by atoms with Crippen LogP contribution >= 0.6 is 15.9 Å². The highest BCUT2D eigenvalue weighted by molar-refractivity contribution is 9.10. The van der Waals surface area contributed by atoms with Gasteiger partial charge < -0.3 is 10.4 Å². The second kappa shape index (κ2) is 5.40. The predicted octanol–water partition coefficient (Wildman–Crippen LogP) is 3.13. The summed E-state index contributed by atoms with van der Waals surface area (Å²) in [7, 11) is 0. The van der Waals surface area contributed by atoms with Crippen molar-refractivity contribution in [2.24, 2.45) is 4.99 Å². The number of aliphatic imine (C=N–C) groups is 1. The quantitative estimate of drug-likeness (QED) is 0.833. The highest BCUT2D eigenvalue weighted by atomic mass is 79.9. The molecule has 1 aliphatic rings. The average Bonchev–Trinajstić information content (AvgIpc) is 2.56. The smallest absolute Gasteiger partial charge is 0.257 e. The molecule has 0 aromatic heterocycles. The number of nitrogens with one attached hydrogen (secondary N) is 1. The van der Waals surface area contributed by atoms with Gasteiger partial charge in [-0.1, -0.05) is 28.1 Å². The molecule has 0 spiro atoms. The molecule has 1 aromatic carbocycles. The standard InChI is InChI=1S/C15H17BrN2O2/c1-9(12-13(19)15(2,3)18-14(12)20)17-8-10-5-4-6-11(16)7-10/h4-7,19H,8H2,1-3H3,(H,18,20). The molecule has 0 radical (unpaired) electrons. The van der Waals surface area contributed by atoms with Crippen LogP contribution in [-0.4, -0.2) is 22.3 Å². The molecular formula is C15H17BrN2O2. The Hall–Kier alpha value is -1.62. The fourth-order valence-corrected chi connectivity index (χ4v) is 2.53. The second-order valence-corrected chi connectivity index (χ2v) is 6.25. The first-order valence-electron chi connectivity index (χ1n) is 6.33. The van der Waals surface area contributed by atoms with Gasteiger partial charge >= 0.3 is 0 Å². The van der Waals surface area contributed by atoms with Gasteiger partial charge in [-0.3, -0.25) is 9.79 Å². The molecule has 20 heavy (non-hydrogen) atoms. The maximum atomic E-state index is 11.9. The van der Waals surface area contributed by atoms with Crippen LogP contribution < -0.4 is 5.32 Å². The molecule has 0 saturated carbocycles. The van der Waals surface area contributed by atoms with Crippen molar-refractivity contribution in [3.05, 3.63) is 45.6 Å². The molecule has 4 nitrogen and oxygen atoms in total. The molecule has 2 rings (SSSR count). The van der Waals surface area contributed by atoms with Crippen molar-refractivity contribution >= 4 is 27.5 Å². The summed E-state index contributed by atoms with van der Waals surface area (Å²) < 4.78 is 0.990. The number of nitrogens with zero attached hydrogens (tertiary/aromatic N) is 1. The minimum absolute atomic E-state index is 0.0537. The first kappa shape index (κ1) is 14.8. The van der Waals surface area contributed by atoms with Crippen molar-refractivity contribution in [2.75, 3.05) is 0 Å². The third-order valence-electron chi connectivity index (χ3n) is 3.23. The Balaban J connectivity index is 2.23. The number of benzene rings is 1. The van der Waals surface area contributed by atoms with E-state index in [1.165, 1.54) is 0 Å². The maximum Gasteiger partial charge on any atom is 0.257 e. The third-order valence-corrected chi connectivity index (χ3v) is 3.72. The van der Waals surface area contributed by atoms with Gasteiger partial charge in [0.05, 0.1) is 17.7 Å². The summed E-state index contributed by atoms with van der Waals surface area (Å²) >= 11 is 3.41. The molecular weight excluding hydrogens is 320 g/mol. The number of hydrogen-bond donors (Lipinski definition) is 2. The molecule has 1 amide bonds. The van der Waals surface area contributed by atoms with Crippen LogP contribution in [0.5, 0.6) is 0 Å². The molecule has 5 heteroatoms. The zero-order valence-electron chi connectivity index (χ0n) is 11.7. The van der Waals surface area contributed by atoms with Gasteiger partial charge in [-0.05, 0) is 38.5 Å². The molecule has 0 bridgehead atoms. The van der Waals surface area contributed by atoms with E-state index in [0.29, 0.717) is 12.3 Å². The largest absolute Gasteiger partial charge is 0.509 e. The summed E-state index contributed by atoms with van der Waals surface area (Å²) in [6, 6.07) is 7.83. The van der Waals surface area contributed by atoms with Gasteiger partial charge in [0.25, 0.3) is 5.91 Å². The van der Waals surface area contributed by atoms with Gasteiger partial charge in [-0.25, -0.2) is 0 Å². The predicted molar refractivity (Wildman–Crippen MR) is 82.8 cm³/mol. The van der Waals surface area contributed by atoms with Gasteiger partial charge in [-0.15, -0.1) is 0 Å². The lowest BCUT2D eigenvalue weighted by Gasteiger charge is -2.17. The first-order chi connectivity index (χ1) is 9.31. The van der Waals surface area contributed by atoms with Gasteiger partial charge in [0.1, 0.15) is 5.76 Å². The van der Waals surface area contributed by atoms with Crippen LogP contribution in [0.4, 0.5) is 0 Å². The molecule has 0 fully saturated rings. The number of hydrogen-bond acceptors (Lipinski definition) is 3. The zero-order valence-corrected chi connectivity index (χ0v) is 13.3. The average molecular weight is 337 g/mol. The van der Waals surface area contributed by atoms with E-state index in [1.54, 1.807) is 20.8 Å². The molecule has 106 valence electrons. The van der Waals surface area contributed by atoms with E-state index in [1.807, 2.05) is 24.3 Å². The Labute approximate surface area is 126 Å². The summed E-state index contributed by atoms with van der Waals surface area (Å²) in [5.74, 6) is -0.221. The van der Waals surface area contributed by atoms with Gasteiger partial charge in [0.2, 0.25) is 0 Å². The number of carbonyl (C=O) groups is 1. The number of aliphatic hydroxyl groups excluding tert-OH is 1. The summed E-state index contributed by atoms with van der Waals surface area (Å²) in [5, 5.41) is 12.8. The van der Waals surface area contributed by atoms with Crippen molar-refractivity contribution in [2.45, 2.75) is 32.9 Å². The van der Waals surface area contributed by atoms with Crippen LogP contribution in [0.25, 0.3) is 0 Å². The lowest BCUT2D eigenvalue weighted by molar-refractivity contribution is -0.117. The van der Waals surface area contributed by atoms with E-state index >= 15 is 0 Å². The molecule has 0 atom stereocenters. The molecule has 0 unspecified atom stereocenters. The first-order valence-corrected chi connectivity index (χ1v) is 7.12. The molecule has 0 saturated heterocycles. The highest BCUT2D eigenvalue weighted by Gasteiger charge is 2.38. The summed E-state index contributed by atoms with van der Waals surface area (Å²) in [5.41, 5.74) is 1.14. The fourth-order valence-electron chi connectivity index (χ4n) is 2.09. The van der Waals surface area contributed by atoms with E-state index in [2.05, 4.69) is 26.2 Å². The normalized spacial score (nSPS) is 18.4. The Morgan fingerprint density at radius 3 is 2.70 bits per heavy atom. The molecule has 1 heterocycles. The maximum absolute atomic E-state index is 11.9. The molecule has 2 N–H and O–H groups in total. The van der Waals surface area contributed by atoms with Gasteiger partial charge in [0.15, 0.2) is 0 Å². The number of aliphatic hydroxyl groups is 1. The van der Waals surface area contributed by atoms with Crippen LogP contribution in [-0.2, 0) is 11.3 Å². The summed E-state index contributed by atoms with van der Waals surface area (Å²) in [4.78, 5) is 16.3. The van der Waals surface area contributed by atoms with E-state index < -0.39 is 5.54 Å². The van der Waals surface area contributed by atoms with E-state index in [0.717, 1.165) is 10.0 Å². The van der Waals surface area contributed by atoms with Crippen LogP contribution in [0, 0.1) is 0 Å². The van der Waals surface area contributed by atoms with Crippen LogP contribution in [0.15, 0.2) is 45.1 Å². The van der Waals surface area contributed by atoms with Gasteiger partial charge in [-0.2, -0.15) is 0 Å². The van der Waals surface area contributed by atoms with Crippen LogP contribution in [0.3, 0.4) is 0 Å². The Morgan fingerprint density at radius 1 is 1.45 bits per heavy atom. The minimum atomic E-state index is -0.723. The van der Waals surface area contributed by atoms with Gasteiger partial charge in [0, 0.05) is 10.2 Å². The number of halogens is 1. The van der Waals surface area contributed by atoms with Crippen molar-refractivity contribution in [3.8, 4) is 0 Å². The Morgan fingerprint density at radius 2 is 2.15 bits per heavy atom. The zero-order chi connectivity index (χ0) is 14.9. The van der Waals surface area contributed by atoms with Crippen molar-refractivity contribution in [1.29, 1.82) is 0 Å². The molecule has 1 aromatic rings. The number of rotatable bonds is 3. The minimum Gasteiger partial charge on any atom is -0.509 e. The second-order valence-electron chi connectivity index (χ2n) is 5.33. The fraction of sp³-hybridized carbons (Fsp3) is 0.333. The SMILES string of the molecule is CC(=NCc1cccc(Br)c1)C1=C(O)C(C)(C)NC1=O. The molecule has 0 aliphatic carbocycles. The topological polar surface area (TPSA) is 61.7 Å². The Bertz CT molecular complexity index is 618. The Kier molecular flexibility index (Phi) is 3.99. The lowest BCUT2D eigenvalue weighted by Crippen LogP contribution is -2.38. The number of carbonyl (C=O) groups excluding carboxylic acids is 1. The van der Waals surface area contributed by atoms with Crippen molar-refractivity contribution < 1.29 is 9.90 Å². The van der Waals surface area contributed by atoms with Crippen molar-refractivity contribution in [1.82, 2.24) is 5.32 Å². The molecule has 1 aliphatic heterocycles. The third kappa shape index (κ3) is 2.93. The van der Waals surface area contributed by atoms with E-state index in [9.17, 15) is 9.90 Å².